The Morgan fingerprint density at radius 3 is 2.33 bits per heavy atom. The quantitative estimate of drug-likeness (QED) is 0.272. The van der Waals surface area contributed by atoms with Gasteiger partial charge in [0.05, 0.1) is 0 Å². The molecular formula is C25H25F5. The summed E-state index contributed by atoms with van der Waals surface area (Å²) >= 11 is 0. The molecule has 0 aromatic heterocycles. The number of hydrogen-bond acceptors (Lipinski definition) is 0. The molecule has 0 spiro atoms. The maximum absolute atomic E-state index is 14.4. The molecule has 0 nitrogen and oxygen atoms in total. The topological polar surface area (TPSA) is 0 Å². The molecule has 2 aromatic rings. The Labute approximate surface area is 173 Å². The van der Waals surface area contributed by atoms with Crippen LogP contribution in [-0.2, 0) is 6.42 Å². The van der Waals surface area contributed by atoms with Gasteiger partial charge in [-0.2, -0.15) is 0 Å². The molecule has 0 amide bonds. The highest BCUT2D eigenvalue weighted by Gasteiger charge is 2.43. The SMILES string of the molecule is CC=CCCC1CCC2c3cc(F)cc(F)c3CCC2C1c1cc(F)c(F)c(F)c1. The number of rotatable bonds is 4. The van der Waals surface area contributed by atoms with E-state index in [0.717, 1.165) is 43.9 Å². The standard InChI is InChI=1S/C25H25F5/c1-2-3-4-5-14-6-7-17-19(9-8-18-20(17)12-16(26)13-21(18)27)24(14)15-10-22(28)25(30)23(29)11-15/h2-3,10-14,17,19,24H,4-9H2,1H3. The molecule has 0 saturated heterocycles. The van der Waals surface area contributed by atoms with Gasteiger partial charge in [-0.15, -0.1) is 0 Å². The first-order valence-corrected chi connectivity index (χ1v) is 10.6. The first-order chi connectivity index (χ1) is 14.4. The van der Waals surface area contributed by atoms with Gasteiger partial charge in [0.15, 0.2) is 17.5 Å². The summed E-state index contributed by atoms with van der Waals surface area (Å²) in [4.78, 5) is 0. The fourth-order valence-electron chi connectivity index (χ4n) is 5.77. The van der Waals surface area contributed by atoms with Crippen molar-refractivity contribution in [2.45, 2.75) is 57.3 Å². The predicted molar refractivity (Wildman–Crippen MR) is 107 cm³/mol. The summed E-state index contributed by atoms with van der Waals surface area (Å²) in [6, 6.07) is 4.55. The highest BCUT2D eigenvalue weighted by Crippen LogP contribution is 2.55. The van der Waals surface area contributed by atoms with E-state index in [9.17, 15) is 22.0 Å². The zero-order valence-electron chi connectivity index (χ0n) is 16.9. The lowest BCUT2D eigenvalue weighted by atomic mass is 9.57. The Bertz CT molecular complexity index is 941. The van der Waals surface area contributed by atoms with Crippen LogP contribution >= 0.6 is 0 Å². The molecule has 1 fully saturated rings. The highest BCUT2D eigenvalue weighted by molar-refractivity contribution is 5.38. The second-order valence-corrected chi connectivity index (χ2v) is 8.57. The van der Waals surface area contributed by atoms with Crippen LogP contribution in [0.3, 0.4) is 0 Å². The summed E-state index contributed by atoms with van der Waals surface area (Å²) in [6.07, 6.45) is 8.43. The number of allylic oxidation sites excluding steroid dienone is 2. The molecule has 2 aliphatic rings. The van der Waals surface area contributed by atoms with Gasteiger partial charge in [-0.3, -0.25) is 0 Å². The molecule has 0 aliphatic heterocycles. The highest BCUT2D eigenvalue weighted by atomic mass is 19.2. The van der Waals surface area contributed by atoms with Crippen LogP contribution in [0.2, 0.25) is 0 Å². The van der Waals surface area contributed by atoms with Crippen LogP contribution in [0.1, 0.15) is 67.6 Å². The molecule has 4 unspecified atom stereocenters. The van der Waals surface area contributed by atoms with E-state index < -0.39 is 29.1 Å². The molecule has 2 aromatic carbocycles. The van der Waals surface area contributed by atoms with Crippen molar-refractivity contribution in [3.63, 3.8) is 0 Å². The summed E-state index contributed by atoms with van der Waals surface area (Å²) in [5.74, 6) is -5.03. The summed E-state index contributed by atoms with van der Waals surface area (Å²) in [5, 5.41) is 0. The fraction of sp³-hybridized carbons (Fsp3) is 0.440. The van der Waals surface area contributed by atoms with Crippen LogP contribution < -0.4 is 0 Å². The summed E-state index contributed by atoms with van der Waals surface area (Å²) in [5.41, 5.74) is 1.69. The van der Waals surface area contributed by atoms with E-state index in [1.165, 1.54) is 6.07 Å². The van der Waals surface area contributed by atoms with E-state index in [4.69, 9.17) is 0 Å². The molecule has 0 bridgehead atoms. The van der Waals surface area contributed by atoms with E-state index in [-0.39, 0.29) is 23.7 Å². The van der Waals surface area contributed by atoms with Gasteiger partial charge in [0.25, 0.3) is 0 Å². The van der Waals surface area contributed by atoms with Crippen LogP contribution in [0.5, 0.6) is 0 Å². The van der Waals surface area contributed by atoms with Gasteiger partial charge in [0.1, 0.15) is 11.6 Å². The largest absolute Gasteiger partial charge is 0.207 e. The van der Waals surface area contributed by atoms with Gasteiger partial charge in [-0.05, 0) is 104 Å². The maximum Gasteiger partial charge on any atom is 0.194 e. The molecule has 30 heavy (non-hydrogen) atoms. The Morgan fingerprint density at radius 1 is 0.900 bits per heavy atom. The molecule has 4 atom stereocenters. The second kappa shape index (κ2) is 8.52. The molecule has 0 heterocycles. The van der Waals surface area contributed by atoms with Crippen molar-refractivity contribution in [3.05, 3.63) is 82.2 Å². The third-order valence-corrected chi connectivity index (χ3v) is 6.99. The van der Waals surface area contributed by atoms with Gasteiger partial charge in [0, 0.05) is 6.07 Å². The Balaban J connectivity index is 1.76. The average molecular weight is 420 g/mol. The molecule has 160 valence electrons. The van der Waals surface area contributed by atoms with Crippen molar-refractivity contribution in [2.24, 2.45) is 11.8 Å². The van der Waals surface area contributed by atoms with E-state index >= 15 is 0 Å². The van der Waals surface area contributed by atoms with Gasteiger partial charge >= 0.3 is 0 Å². The number of hydrogen-bond donors (Lipinski definition) is 0. The van der Waals surface area contributed by atoms with E-state index in [1.807, 2.05) is 13.0 Å². The zero-order chi connectivity index (χ0) is 21.4. The summed E-state index contributed by atoms with van der Waals surface area (Å²) < 4.78 is 70.1. The van der Waals surface area contributed by atoms with E-state index in [1.54, 1.807) is 0 Å². The Hall–Kier alpha value is -2.17. The van der Waals surface area contributed by atoms with E-state index in [0.29, 0.717) is 29.5 Å². The fourth-order valence-corrected chi connectivity index (χ4v) is 5.77. The minimum atomic E-state index is -1.46. The molecule has 0 N–H and O–H groups in total. The van der Waals surface area contributed by atoms with Crippen molar-refractivity contribution >= 4 is 0 Å². The molecule has 0 radical (unpaired) electrons. The van der Waals surface area contributed by atoms with Crippen LogP contribution in [0.25, 0.3) is 0 Å². The van der Waals surface area contributed by atoms with Crippen molar-refractivity contribution in [2.75, 3.05) is 0 Å². The third kappa shape index (κ3) is 3.79. The lowest BCUT2D eigenvalue weighted by Crippen LogP contribution is -2.35. The normalized spacial score (nSPS) is 25.9. The van der Waals surface area contributed by atoms with Crippen molar-refractivity contribution in [1.29, 1.82) is 0 Å². The van der Waals surface area contributed by atoms with Gasteiger partial charge in [-0.1, -0.05) is 12.2 Å². The summed E-state index contributed by atoms with van der Waals surface area (Å²) in [6.45, 7) is 1.94. The smallest absolute Gasteiger partial charge is 0.194 e. The molecular weight excluding hydrogens is 395 g/mol. The van der Waals surface area contributed by atoms with Crippen molar-refractivity contribution in [1.82, 2.24) is 0 Å². The Morgan fingerprint density at radius 2 is 1.63 bits per heavy atom. The molecule has 2 aliphatic carbocycles. The van der Waals surface area contributed by atoms with Crippen LogP contribution in [0.15, 0.2) is 36.4 Å². The van der Waals surface area contributed by atoms with E-state index in [2.05, 4.69) is 6.08 Å². The molecule has 5 heteroatoms. The van der Waals surface area contributed by atoms with Crippen molar-refractivity contribution in [3.8, 4) is 0 Å². The molecule has 4 rings (SSSR count). The van der Waals surface area contributed by atoms with Gasteiger partial charge < -0.3 is 0 Å². The minimum absolute atomic E-state index is 0.00678. The van der Waals surface area contributed by atoms with Gasteiger partial charge in [0.2, 0.25) is 0 Å². The van der Waals surface area contributed by atoms with Crippen LogP contribution in [0.4, 0.5) is 22.0 Å². The van der Waals surface area contributed by atoms with Crippen LogP contribution in [-0.4, -0.2) is 0 Å². The third-order valence-electron chi connectivity index (χ3n) is 6.99. The number of fused-ring (bicyclic) bond motifs is 3. The summed E-state index contributed by atoms with van der Waals surface area (Å²) in [7, 11) is 0. The number of halogens is 5. The minimum Gasteiger partial charge on any atom is -0.207 e. The maximum atomic E-state index is 14.4. The monoisotopic (exact) mass is 420 g/mol. The second-order valence-electron chi connectivity index (χ2n) is 8.57. The lowest BCUT2D eigenvalue weighted by Gasteiger charge is -2.47. The van der Waals surface area contributed by atoms with Crippen molar-refractivity contribution < 1.29 is 22.0 Å². The lowest BCUT2D eigenvalue weighted by molar-refractivity contribution is 0.160. The van der Waals surface area contributed by atoms with Gasteiger partial charge in [-0.25, -0.2) is 22.0 Å². The number of benzene rings is 2. The average Bonchev–Trinajstić information content (AvgIpc) is 2.71. The van der Waals surface area contributed by atoms with Crippen LogP contribution in [0, 0.1) is 40.9 Å². The predicted octanol–water partition coefficient (Wildman–Crippen LogP) is 7.58. The first-order valence-electron chi connectivity index (χ1n) is 10.6. The Kier molecular flexibility index (Phi) is 5.99. The zero-order valence-corrected chi connectivity index (χ0v) is 16.9. The first kappa shape index (κ1) is 21.1. The molecule has 1 saturated carbocycles.